The number of nitrogens with zero attached hydrogens (tertiary/aromatic N) is 2. The van der Waals surface area contributed by atoms with Crippen molar-refractivity contribution in [1.82, 2.24) is 9.78 Å². The maximum Gasteiger partial charge on any atom is 0.313 e. The van der Waals surface area contributed by atoms with E-state index in [2.05, 4.69) is 11.7 Å². The van der Waals surface area contributed by atoms with Gasteiger partial charge in [0.15, 0.2) is 5.78 Å². The van der Waals surface area contributed by atoms with Crippen molar-refractivity contribution in [2.75, 3.05) is 6.61 Å². The third-order valence-electron chi connectivity index (χ3n) is 2.86. The number of hydrogen-bond donors (Lipinski definition) is 0. The summed E-state index contributed by atoms with van der Waals surface area (Å²) in [5, 5.41) is 5.04. The number of ketones is 1. The van der Waals surface area contributed by atoms with Crippen molar-refractivity contribution in [1.29, 1.82) is 0 Å². The van der Waals surface area contributed by atoms with E-state index >= 15 is 0 Å². The summed E-state index contributed by atoms with van der Waals surface area (Å²) < 4.78 is 6.47. The van der Waals surface area contributed by atoms with Gasteiger partial charge in [0.25, 0.3) is 0 Å². The molecule has 1 heterocycles. The molecule has 5 heteroatoms. The number of allylic oxidation sites excluding steroid dienone is 1. The van der Waals surface area contributed by atoms with E-state index in [0.717, 1.165) is 16.6 Å². The highest BCUT2D eigenvalue weighted by Crippen LogP contribution is 2.19. The maximum atomic E-state index is 12.0. The molecule has 0 fully saturated rings. The summed E-state index contributed by atoms with van der Waals surface area (Å²) in [5.74, 6) is -0.761. The van der Waals surface area contributed by atoms with E-state index in [1.165, 1.54) is 0 Å². The normalized spacial score (nSPS) is 10.5. The Hall–Kier alpha value is -2.43. The Labute approximate surface area is 116 Å². The minimum absolute atomic E-state index is 0.242. The Bertz CT molecular complexity index is 685. The molecule has 1 aromatic heterocycles. The van der Waals surface area contributed by atoms with Crippen LogP contribution in [0.1, 0.15) is 30.6 Å². The van der Waals surface area contributed by atoms with Crippen LogP contribution in [0, 0.1) is 0 Å². The van der Waals surface area contributed by atoms with Crippen LogP contribution in [0.4, 0.5) is 0 Å². The van der Waals surface area contributed by atoms with E-state index in [4.69, 9.17) is 4.74 Å². The van der Waals surface area contributed by atoms with Crippen molar-refractivity contribution in [3.63, 3.8) is 0 Å². The fourth-order valence-electron chi connectivity index (χ4n) is 1.96. The number of rotatable bonds is 5. The highest BCUT2D eigenvalue weighted by Gasteiger charge is 2.14. The minimum Gasteiger partial charge on any atom is -0.466 e. The fraction of sp³-hybridized carbons (Fsp3) is 0.267. The number of Topliss-reactive ketones (excluding diaryl/α,β-unsaturated/α-hetero) is 1. The van der Waals surface area contributed by atoms with Crippen LogP contribution in [0.15, 0.2) is 31.0 Å². The smallest absolute Gasteiger partial charge is 0.313 e. The molecule has 0 saturated heterocycles. The lowest BCUT2D eigenvalue weighted by atomic mass is 10.1. The molecule has 2 aromatic rings. The van der Waals surface area contributed by atoms with Crippen LogP contribution in [-0.4, -0.2) is 28.1 Å². The van der Waals surface area contributed by atoms with Crippen LogP contribution in [-0.2, 0) is 9.53 Å². The summed E-state index contributed by atoms with van der Waals surface area (Å²) in [4.78, 5) is 23.3. The monoisotopic (exact) mass is 272 g/mol. The number of carbonyl (C=O) groups is 2. The first-order chi connectivity index (χ1) is 9.52. The number of esters is 1. The average Bonchev–Trinajstić information content (AvgIpc) is 2.81. The molecule has 0 atom stereocenters. The van der Waals surface area contributed by atoms with E-state index in [1.807, 2.05) is 6.92 Å². The van der Waals surface area contributed by atoms with Crippen molar-refractivity contribution in [2.24, 2.45) is 0 Å². The van der Waals surface area contributed by atoms with Crippen LogP contribution in [0.5, 0.6) is 0 Å². The number of benzene rings is 1. The van der Waals surface area contributed by atoms with Gasteiger partial charge in [-0.25, -0.2) is 4.68 Å². The van der Waals surface area contributed by atoms with Gasteiger partial charge in [-0.05, 0) is 32.0 Å². The summed E-state index contributed by atoms with van der Waals surface area (Å²) in [6, 6.07) is 5.21. The molecule has 104 valence electrons. The molecule has 2 rings (SSSR count). The molecular formula is C15H16N2O3. The lowest BCUT2D eigenvalue weighted by molar-refractivity contribution is -0.141. The zero-order valence-corrected chi connectivity index (χ0v) is 11.5. The van der Waals surface area contributed by atoms with E-state index in [9.17, 15) is 9.59 Å². The molecule has 0 bridgehead atoms. The highest BCUT2D eigenvalue weighted by atomic mass is 16.5. The zero-order valence-electron chi connectivity index (χ0n) is 11.5. The van der Waals surface area contributed by atoms with Gasteiger partial charge in [0, 0.05) is 16.6 Å². The second-order valence-corrected chi connectivity index (χ2v) is 4.47. The quantitative estimate of drug-likeness (QED) is 0.477. The molecule has 20 heavy (non-hydrogen) atoms. The number of carbonyl (C=O) groups excluding carboxylic acids is 2. The number of aromatic nitrogens is 2. The van der Waals surface area contributed by atoms with Crippen LogP contribution >= 0.6 is 0 Å². The van der Waals surface area contributed by atoms with Crippen LogP contribution in [0.2, 0.25) is 0 Å². The highest BCUT2D eigenvalue weighted by molar-refractivity contribution is 6.07. The number of ether oxygens (including phenoxy) is 1. The predicted octanol–water partition coefficient (Wildman–Crippen LogP) is 2.66. The van der Waals surface area contributed by atoms with Gasteiger partial charge in [-0.3, -0.25) is 9.59 Å². The summed E-state index contributed by atoms with van der Waals surface area (Å²) in [5.41, 5.74) is 2.16. The molecule has 5 nitrogen and oxygen atoms in total. The summed E-state index contributed by atoms with van der Waals surface area (Å²) in [6.45, 7) is 7.67. The zero-order chi connectivity index (χ0) is 14.7. The van der Waals surface area contributed by atoms with E-state index < -0.39 is 5.97 Å². The minimum atomic E-state index is -0.504. The second kappa shape index (κ2) is 5.69. The first-order valence-electron chi connectivity index (χ1n) is 6.35. The van der Waals surface area contributed by atoms with Gasteiger partial charge in [-0.2, -0.15) is 5.10 Å². The third-order valence-corrected chi connectivity index (χ3v) is 2.86. The Kier molecular flexibility index (Phi) is 3.98. The Morgan fingerprint density at radius 2 is 2.15 bits per heavy atom. The fourth-order valence-corrected chi connectivity index (χ4v) is 1.96. The van der Waals surface area contributed by atoms with Gasteiger partial charge in [0.05, 0.1) is 18.3 Å². The summed E-state index contributed by atoms with van der Waals surface area (Å²) >= 11 is 0. The molecule has 0 unspecified atom stereocenters. The molecule has 0 aliphatic heterocycles. The average molecular weight is 272 g/mol. The summed E-state index contributed by atoms with van der Waals surface area (Å²) in [7, 11) is 0. The standard InChI is InChI=1S/C15H16N2O3/c1-4-20-15(19)8-14(18)11-5-6-13-12(7-11)9-16-17(13)10(2)3/h5-7,9H,2,4,8H2,1,3H3. The van der Waals surface area contributed by atoms with Gasteiger partial charge in [-0.15, -0.1) is 0 Å². The first-order valence-corrected chi connectivity index (χ1v) is 6.35. The predicted molar refractivity (Wildman–Crippen MR) is 76.3 cm³/mol. The van der Waals surface area contributed by atoms with E-state index in [1.54, 1.807) is 36.0 Å². The summed E-state index contributed by atoms with van der Waals surface area (Å²) in [6.07, 6.45) is 1.43. The molecular weight excluding hydrogens is 256 g/mol. The number of fused-ring (bicyclic) bond motifs is 1. The van der Waals surface area contributed by atoms with Gasteiger partial charge >= 0.3 is 5.97 Å². The van der Waals surface area contributed by atoms with Gasteiger partial charge in [-0.1, -0.05) is 6.58 Å². The Morgan fingerprint density at radius 1 is 1.40 bits per heavy atom. The lowest BCUT2D eigenvalue weighted by Gasteiger charge is -2.03. The van der Waals surface area contributed by atoms with E-state index in [0.29, 0.717) is 5.56 Å². The SMILES string of the molecule is C=C(C)n1ncc2cc(C(=O)CC(=O)OCC)ccc21. The molecule has 0 saturated carbocycles. The molecule has 0 amide bonds. The van der Waals surface area contributed by atoms with Crippen LogP contribution < -0.4 is 0 Å². The second-order valence-electron chi connectivity index (χ2n) is 4.47. The Morgan fingerprint density at radius 3 is 2.80 bits per heavy atom. The molecule has 0 radical (unpaired) electrons. The molecule has 1 aromatic carbocycles. The number of hydrogen-bond acceptors (Lipinski definition) is 4. The first kappa shape index (κ1) is 14.0. The van der Waals surface area contributed by atoms with Crippen molar-refractivity contribution in [3.8, 4) is 0 Å². The topological polar surface area (TPSA) is 61.2 Å². The Balaban J connectivity index is 2.26. The largest absolute Gasteiger partial charge is 0.466 e. The lowest BCUT2D eigenvalue weighted by Crippen LogP contribution is -2.11. The van der Waals surface area contributed by atoms with Crippen molar-refractivity contribution >= 4 is 28.4 Å². The van der Waals surface area contributed by atoms with Gasteiger partial charge in [0.1, 0.15) is 6.42 Å². The van der Waals surface area contributed by atoms with Crippen molar-refractivity contribution < 1.29 is 14.3 Å². The molecule has 0 aliphatic rings. The molecule has 0 spiro atoms. The molecule has 0 aliphatic carbocycles. The van der Waals surface area contributed by atoms with Crippen molar-refractivity contribution in [2.45, 2.75) is 20.3 Å². The maximum absolute atomic E-state index is 12.0. The molecule has 0 N–H and O–H groups in total. The third kappa shape index (κ3) is 2.77. The van der Waals surface area contributed by atoms with Gasteiger partial charge in [0.2, 0.25) is 0 Å². The van der Waals surface area contributed by atoms with Crippen LogP contribution in [0.3, 0.4) is 0 Å². The van der Waals surface area contributed by atoms with Crippen molar-refractivity contribution in [3.05, 3.63) is 36.5 Å². The van der Waals surface area contributed by atoms with E-state index in [-0.39, 0.29) is 18.8 Å². The van der Waals surface area contributed by atoms with Crippen LogP contribution in [0.25, 0.3) is 16.6 Å². The van der Waals surface area contributed by atoms with Gasteiger partial charge < -0.3 is 4.74 Å².